The van der Waals surface area contributed by atoms with Crippen LogP contribution in [-0.2, 0) is 6.42 Å². The third kappa shape index (κ3) is 2.06. The van der Waals surface area contributed by atoms with Crippen molar-refractivity contribution >= 4 is 27.6 Å². The van der Waals surface area contributed by atoms with E-state index in [2.05, 4.69) is 15.9 Å². The van der Waals surface area contributed by atoms with Gasteiger partial charge < -0.3 is 0 Å². The summed E-state index contributed by atoms with van der Waals surface area (Å²) >= 11 is 3.37. The molecule has 1 aromatic carbocycles. The van der Waals surface area contributed by atoms with Gasteiger partial charge in [0.1, 0.15) is 0 Å². The molecule has 1 heterocycles. The van der Waals surface area contributed by atoms with Gasteiger partial charge in [0.2, 0.25) is 0 Å². The van der Waals surface area contributed by atoms with Gasteiger partial charge in [-0.3, -0.25) is 14.2 Å². The van der Waals surface area contributed by atoms with Gasteiger partial charge in [0, 0.05) is 23.0 Å². The molecule has 96 valence electrons. The van der Waals surface area contributed by atoms with Crippen LogP contribution >= 0.6 is 15.9 Å². The van der Waals surface area contributed by atoms with Crippen molar-refractivity contribution in [3.8, 4) is 0 Å². The quantitative estimate of drug-likeness (QED) is 0.758. The third-order valence-electron chi connectivity index (χ3n) is 3.42. The molecule has 0 amide bonds. The standard InChI is InChI=1S/C15H12BrNO2/c16-12-6-7-13-11(14(12)18)8-9-17(13)15(19)10-4-2-1-3-5-10/h1-5,8-9,12H,6-7H2. The molecule has 3 nitrogen and oxygen atoms in total. The molecule has 1 aliphatic carbocycles. The Morgan fingerprint density at radius 3 is 2.68 bits per heavy atom. The lowest BCUT2D eigenvalue weighted by molar-refractivity contribution is 0.0954. The van der Waals surface area contributed by atoms with Crippen LogP contribution in [0.25, 0.3) is 0 Å². The van der Waals surface area contributed by atoms with Crippen molar-refractivity contribution in [3.63, 3.8) is 0 Å². The fourth-order valence-electron chi connectivity index (χ4n) is 2.42. The lowest BCUT2D eigenvalue weighted by Crippen LogP contribution is -2.25. The number of aromatic nitrogens is 1. The summed E-state index contributed by atoms with van der Waals surface area (Å²) in [6.45, 7) is 0. The van der Waals surface area contributed by atoms with E-state index in [-0.39, 0.29) is 16.5 Å². The first kappa shape index (κ1) is 12.4. The van der Waals surface area contributed by atoms with Crippen molar-refractivity contribution < 1.29 is 9.59 Å². The zero-order valence-electron chi connectivity index (χ0n) is 10.2. The first-order valence-corrected chi connectivity index (χ1v) is 7.08. The smallest absolute Gasteiger partial charge is 0.262 e. The zero-order valence-corrected chi connectivity index (χ0v) is 11.8. The van der Waals surface area contributed by atoms with E-state index in [4.69, 9.17) is 0 Å². The van der Waals surface area contributed by atoms with E-state index >= 15 is 0 Å². The lowest BCUT2D eigenvalue weighted by atomic mass is 9.96. The summed E-state index contributed by atoms with van der Waals surface area (Å²) in [6, 6.07) is 10.9. The molecule has 1 unspecified atom stereocenters. The highest BCUT2D eigenvalue weighted by Gasteiger charge is 2.29. The van der Waals surface area contributed by atoms with E-state index in [0.717, 1.165) is 18.5 Å². The number of carbonyl (C=O) groups excluding carboxylic acids is 2. The number of alkyl halides is 1. The highest BCUT2D eigenvalue weighted by Crippen LogP contribution is 2.27. The molecule has 0 fully saturated rings. The molecule has 0 spiro atoms. The molecule has 4 heteroatoms. The van der Waals surface area contributed by atoms with Gasteiger partial charge in [0.15, 0.2) is 5.78 Å². The molecule has 0 bridgehead atoms. The largest absolute Gasteiger partial charge is 0.293 e. The fraction of sp³-hybridized carbons (Fsp3) is 0.200. The molecular weight excluding hydrogens is 306 g/mol. The number of hydrogen-bond acceptors (Lipinski definition) is 2. The highest BCUT2D eigenvalue weighted by atomic mass is 79.9. The molecule has 19 heavy (non-hydrogen) atoms. The Bertz CT molecular complexity index is 645. The Morgan fingerprint density at radius 1 is 1.21 bits per heavy atom. The molecule has 0 aliphatic heterocycles. The van der Waals surface area contributed by atoms with Crippen LogP contribution in [-0.4, -0.2) is 21.1 Å². The van der Waals surface area contributed by atoms with Crippen LogP contribution in [0.5, 0.6) is 0 Å². The Hall–Kier alpha value is -1.68. The van der Waals surface area contributed by atoms with Crippen LogP contribution in [0.3, 0.4) is 0 Å². The van der Waals surface area contributed by atoms with Crippen LogP contribution in [0.2, 0.25) is 0 Å². The van der Waals surface area contributed by atoms with Gasteiger partial charge in [-0.05, 0) is 31.0 Å². The maximum Gasteiger partial charge on any atom is 0.262 e. The van der Waals surface area contributed by atoms with Gasteiger partial charge in [-0.2, -0.15) is 0 Å². The molecule has 0 radical (unpaired) electrons. The maximum atomic E-state index is 12.4. The minimum absolute atomic E-state index is 0.0702. The monoisotopic (exact) mass is 317 g/mol. The second kappa shape index (κ2) is 4.78. The molecule has 3 rings (SSSR count). The van der Waals surface area contributed by atoms with Crippen LogP contribution < -0.4 is 0 Å². The van der Waals surface area contributed by atoms with E-state index in [1.807, 2.05) is 18.2 Å². The van der Waals surface area contributed by atoms with Gasteiger partial charge in [-0.25, -0.2) is 0 Å². The minimum Gasteiger partial charge on any atom is -0.293 e. The summed E-state index contributed by atoms with van der Waals surface area (Å²) in [4.78, 5) is 24.3. The summed E-state index contributed by atoms with van der Waals surface area (Å²) in [5.41, 5.74) is 2.13. The number of halogens is 1. The van der Waals surface area contributed by atoms with Crippen molar-refractivity contribution in [1.29, 1.82) is 0 Å². The first-order chi connectivity index (χ1) is 9.18. The van der Waals surface area contributed by atoms with Gasteiger partial charge in [-0.15, -0.1) is 0 Å². The predicted molar refractivity (Wildman–Crippen MR) is 76.0 cm³/mol. The minimum atomic E-state index is -0.123. The van der Waals surface area contributed by atoms with Crippen molar-refractivity contribution in [3.05, 3.63) is 59.4 Å². The number of fused-ring (bicyclic) bond motifs is 1. The fourth-order valence-corrected chi connectivity index (χ4v) is 2.89. The SMILES string of the molecule is O=C1c2ccn(C(=O)c3ccccc3)c2CCC1Br. The first-order valence-electron chi connectivity index (χ1n) is 6.17. The number of benzene rings is 1. The van der Waals surface area contributed by atoms with E-state index in [1.165, 1.54) is 0 Å². The van der Waals surface area contributed by atoms with E-state index in [9.17, 15) is 9.59 Å². The molecule has 0 saturated carbocycles. The zero-order chi connectivity index (χ0) is 13.4. The average molecular weight is 318 g/mol. The topological polar surface area (TPSA) is 39.1 Å². The number of Topliss-reactive ketones (excluding diaryl/α,β-unsaturated/α-hetero) is 1. The normalized spacial score (nSPS) is 18.2. The third-order valence-corrected chi connectivity index (χ3v) is 4.29. The van der Waals surface area contributed by atoms with E-state index in [0.29, 0.717) is 11.1 Å². The number of carbonyl (C=O) groups is 2. The van der Waals surface area contributed by atoms with E-state index in [1.54, 1.807) is 29.0 Å². The van der Waals surface area contributed by atoms with Crippen molar-refractivity contribution in [2.45, 2.75) is 17.7 Å². The number of nitrogens with zero attached hydrogens (tertiary/aromatic N) is 1. The molecule has 1 aliphatic rings. The second-order valence-electron chi connectivity index (χ2n) is 4.59. The summed E-state index contributed by atoms with van der Waals surface area (Å²) < 4.78 is 1.60. The maximum absolute atomic E-state index is 12.4. The van der Waals surface area contributed by atoms with Gasteiger partial charge in [-0.1, -0.05) is 34.1 Å². The second-order valence-corrected chi connectivity index (χ2v) is 5.69. The molecule has 1 aromatic heterocycles. The molecule has 0 N–H and O–H groups in total. The Labute approximate surface area is 119 Å². The number of ketones is 1. The van der Waals surface area contributed by atoms with Crippen LogP contribution in [0.15, 0.2) is 42.6 Å². The number of rotatable bonds is 1. The van der Waals surface area contributed by atoms with Crippen molar-refractivity contribution in [2.24, 2.45) is 0 Å². The molecule has 0 saturated heterocycles. The summed E-state index contributed by atoms with van der Waals surface area (Å²) in [6.07, 6.45) is 3.17. The van der Waals surface area contributed by atoms with Gasteiger partial charge in [0.05, 0.1) is 4.83 Å². The number of hydrogen-bond donors (Lipinski definition) is 0. The van der Waals surface area contributed by atoms with Gasteiger partial charge >= 0.3 is 0 Å². The lowest BCUT2D eigenvalue weighted by Gasteiger charge is -2.18. The average Bonchev–Trinajstić information content (AvgIpc) is 2.87. The van der Waals surface area contributed by atoms with Crippen LogP contribution in [0.1, 0.15) is 32.8 Å². The Kier molecular flexibility index (Phi) is 3.11. The Morgan fingerprint density at radius 2 is 1.95 bits per heavy atom. The highest BCUT2D eigenvalue weighted by molar-refractivity contribution is 9.10. The van der Waals surface area contributed by atoms with Crippen LogP contribution in [0.4, 0.5) is 0 Å². The summed E-state index contributed by atoms with van der Waals surface area (Å²) in [7, 11) is 0. The summed E-state index contributed by atoms with van der Waals surface area (Å²) in [5, 5.41) is 0. The molecule has 2 aromatic rings. The predicted octanol–water partition coefficient (Wildman–Crippen LogP) is 3.07. The van der Waals surface area contributed by atoms with Gasteiger partial charge in [0.25, 0.3) is 5.91 Å². The molecular formula is C15H12BrNO2. The van der Waals surface area contributed by atoms with E-state index < -0.39 is 0 Å². The summed E-state index contributed by atoms with van der Waals surface area (Å²) in [5.74, 6) is -0.0106. The molecule has 1 atom stereocenters. The van der Waals surface area contributed by atoms with Crippen LogP contribution in [0, 0.1) is 0 Å². The van der Waals surface area contributed by atoms with Crippen molar-refractivity contribution in [2.75, 3.05) is 0 Å². The Balaban J connectivity index is 2.02. The van der Waals surface area contributed by atoms with Crippen molar-refractivity contribution in [1.82, 2.24) is 4.57 Å².